The van der Waals surface area contributed by atoms with Crippen LogP contribution in [0.4, 0.5) is 8.78 Å². The lowest BCUT2D eigenvalue weighted by Crippen LogP contribution is -2.46. The van der Waals surface area contributed by atoms with Crippen molar-refractivity contribution in [1.82, 2.24) is 10.6 Å². The quantitative estimate of drug-likeness (QED) is 0.571. The molecule has 1 fully saturated rings. The molecular formula is C8H12F2N2O3. The fourth-order valence-electron chi connectivity index (χ4n) is 1.21. The van der Waals surface area contributed by atoms with Gasteiger partial charge in [-0.05, 0) is 6.42 Å². The standard InChI is InChI=1S/C8H12F2N2O3/c9-8(10,4-13)3-11-7(15)5-1-2-6(14)12-5/h5,13H,1-4H2,(H,11,15)(H,12,14)/t5-/m1/s1. The first-order valence-corrected chi connectivity index (χ1v) is 4.50. The average molecular weight is 222 g/mol. The van der Waals surface area contributed by atoms with Crippen molar-refractivity contribution in [1.29, 1.82) is 0 Å². The lowest BCUT2D eigenvalue weighted by Gasteiger charge is -2.16. The lowest BCUT2D eigenvalue weighted by molar-refractivity contribution is -0.127. The molecule has 0 spiro atoms. The van der Waals surface area contributed by atoms with Crippen LogP contribution < -0.4 is 10.6 Å². The largest absolute Gasteiger partial charge is 0.390 e. The van der Waals surface area contributed by atoms with Crippen LogP contribution in [0, 0.1) is 0 Å². The van der Waals surface area contributed by atoms with Gasteiger partial charge in [0.15, 0.2) is 0 Å². The smallest absolute Gasteiger partial charge is 0.287 e. The van der Waals surface area contributed by atoms with Crippen molar-refractivity contribution in [3.8, 4) is 0 Å². The van der Waals surface area contributed by atoms with Crippen LogP contribution in [0.5, 0.6) is 0 Å². The number of carbonyl (C=O) groups is 2. The molecule has 3 N–H and O–H groups in total. The molecule has 7 heteroatoms. The highest BCUT2D eigenvalue weighted by Crippen LogP contribution is 2.11. The van der Waals surface area contributed by atoms with E-state index < -0.39 is 31.0 Å². The van der Waals surface area contributed by atoms with Crippen LogP contribution in [0.25, 0.3) is 0 Å². The molecular weight excluding hydrogens is 210 g/mol. The molecule has 0 radical (unpaired) electrons. The van der Waals surface area contributed by atoms with E-state index in [9.17, 15) is 18.4 Å². The summed E-state index contributed by atoms with van der Waals surface area (Å²) in [5, 5.41) is 12.6. The van der Waals surface area contributed by atoms with E-state index in [0.717, 1.165) is 0 Å². The van der Waals surface area contributed by atoms with Gasteiger partial charge in [-0.15, -0.1) is 0 Å². The third-order valence-electron chi connectivity index (χ3n) is 2.06. The number of aliphatic hydroxyl groups excluding tert-OH is 1. The Bertz CT molecular complexity index is 271. The molecule has 15 heavy (non-hydrogen) atoms. The summed E-state index contributed by atoms with van der Waals surface area (Å²) in [4.78, 5) is 21.9. The summed E-state index contributed by atoms with van der Waals surface area (Å²) in [6.45, 7) is -2.24. The fourth-order valence-corrected chi connectivity index (χ4v) is 1.21. The van der Waals surface area contributed by atoms with Crippen molar-refractivity contribution < 1.29 is 23.5 Å². The zero-order valence-electron chi connectivity index (χ0n) is 7.93. The van der Waals surface area contributed by atoms with Crippen molar-refractivity contribution >= 4 is 11.8 Å². The van der Waals surface area contributed by atoms with Crippen molar-refractivity contribution in [2.45, 2.75) is 24.8 Å². The highest BCUT2D eigenvalue weighted by atomic mass is 19.3. The maximum Gasteiger partial charge on any atom is 0.287 e. The van der Waals surface area contributed by atoms with Crippen LogP contribution in [0.2, 0.25) is 0 Å². The SMILES string of the molecule is O=C1CC[C@H](C(=O)NCC(F)(F)CO)N1. The maximum atomic E-state index is 12.5. The van der Waals surface area contributed by atoms with Crippen LogP contribution in [0.3, 0.4) is 0 Å². The van der Waals surface area contributed by atoms with Gasteiger partial charge in [-0.25, -0.2) is 8.78 Å². The van der Waals surface area contributed by atoms with Gasteiger partial charge in [0, 0.05) is 6.42 Å². The predicted molar refractivity (Wildman–Crippen MR) is 46.2 cm³/mol. The van der Waals surface area contributed by atoms with Crippen molar-refractivity contribution in [3.63, 3.8) is 0 Å². The molecule has 1 heterocycles. The summed E-state index contributed by atoms with van der Waals surface area (Å²) >= 11 is 0. The van der Waals surface area contributed by atoms with Gasteiger partial charge in [0.25, 0.3) is 5.92 Å². The van der Waals surface area contributed by atoms with Crippen molar-refractivity contribution in [2.75, 3.05) is 13.2 Å². The zero-order valence-corrected chi connectivity index (χ0v) is 7.93. The Labute approximate surface area is 84.8 Å². The first-order chi connectivity index (χ1) is 6.94. The van der Waals surface area contributed by atoms with Gasteiger partial charge in [-0.1, -0.05) is 0 Å². The van der Waals surface area contributed by atoms with E-state index in [1.165, 1.54) is 0 Å². The van der Waals surface area contributed by atoms with E-state index in [1.807, 2.05) is 5.32 Å². The Morgan fingerprint density at radius 2 is 2.33 bits per heavy atom. The zero-order chi connectivity index (χ0) is 11.5. The number of nitrogens with one attached hydrogen (secondary N) is 2. The van der Waals surface area contributed by atoms with Gasteiger partial charge >= 0.3 is 0 Å². The fraction of sp³-hybridized carbons (Fsp3) is 0.750. The van der Waals surface area contributed by atoms with Gasteiger partial charge in [0.1, 0.15) is 12.6 Å². The number of hydrogen-bond donors (Lipinski definition) is 3. The average Bonchev–Trinajstić information content (AvgIpc) is 2.61. The van der Waals surface area contributed by atoms with Gasteiger partial charge in [-0.3, -0.25) is 9.59 Å². The summed E-state index contributed by atoms with van der Waals surface area (Å²) in [6.07, 6.45) is 0.545. The lowest BCUT2D eigenvalue weighted by atomic mass is 10.2. The number of rotatable bonds is 4. The van der Waals surface area contributed by atoms with Crippen LogP contribution >= 0.6 is 0 Å². The summed E-state index contributed by atoms with van der Waals surface area (Å²) < 4.78 is 25.0. The number of aliphatic hydroxyl groups is 1. The topological polar surface area (TPSA) is 78.4 Å². The second-order valence-corrected chi connectivity index (χ2v) is 3.39. The summed E-state index contributed by atoms with van der Waals surface area (Å²) in [5.74, 6) is -4.23. The molecule has 1 aliphatic rings. The van der Waals surface area contributed by atoms with Crippen LogP contribution in [0.1, 0.15) is 12.8 Å². The van der Waals surface area contributed by atoms with Crippen LogP contribution in [-0.2, 0) is 9.59 Å². The minimum Gasteiger partial charge on any atom is -0.390 e. The Balaban J connectivity index is 2.33. The minimum atomic E-state index is -3.32. The minimum absolute atomic E-state index is 0.231. The first kappa shape index (κ1) is 11.8. The molecule has 0 aromatic heterocycles. The molecule has 0 unspecified atom stereocenters. The molecule has 0 bridgehead atoms. The highest BCUT2D eigenvalue weighted by Gasteiger charge is 2.32. The van der Waals surface area contributed by atoms with E-state index in [1.54, 1.807) is 0 Å². The molecule has 1 aliphatic heterocycles. The van der Waals surface area contributed by atoms with E-state index in [2.05, 4.69) is 5.32 Å². The van der Waals surface area contributed by atoms with Crippen LogP contribution in [-0.4, -0.2) is 42.0 Å². The monoisotopic (exact) mass is 222 g/mol. The number of amides is 2. The molecule has 1 atom stereocenters. The van der Waals surface area contributed by atoms with Gasteiger partial charge in [0.2, 0.25) is 11.8 Å². The van der Waals surface area contributed by atoms with E-state index in [-0.39, 0.29) is 12.3 Å². The molecule has 86 valence electrons. The molecule has 0 saturated carbocycles. The second kappa shape index (κ2) is 4.52. The molecule has 5 nitrogen and oxygen atoms in total. The van der Waals surface area contributed by atoms with Crippen molar-refractivity contribution in [3.05, 3.63) is 0 Å². The molecule has 0 aromatic rings. The first-order valence-electron chi connectivity index (χ1n) is 4.50. The Kier molecular flexibility index (Phi) is 3.57. The van der Waals surface area contributed by atoms with Crippen molar-refractivity contribution in [2.24, 2.45) is 0 Å². The van der Waals surface area contributed by atoms with E-state index in [0.29, 0.717) is 6.42 Å². The predicted octanol–water partition coefficient (Wildman–Crippen LogP) is -0.991. The molecule has 2 amide bonds. The molecule has 0 aliphatic carbocycles. The second-order valence-electron chi connectivity index (χ2n) is 3.39. The number of carbonyl (C=O) groups excluding carboxylic acids is 2. The summed E-state index contributed by atoms with van der Waals surface area (Å²) in [6, 6.07) is -0.730. The Morgan fingerprint density at radius 3 is 2.80 bits per heavy atom. The molecule has 1 saturated heterocycles. The highest BCUT2D eigenvalue weighted by molar-refractivity contribution is 5.90. The summed E-state index contributed by atoms with van der Waals surface area (Å²) in [7, 11) is 0. The van der Waals surface area contributed by atoms with Crippen LogP contribution in [0.15, 0.2) is 0 Å². The maximum absolute atomic E-state index is 12.5. The number of alkyl halides is 2. The van der Waals surface area contributed by atoms with E-state index in [4.69, 9.17) is 5.11 Å². The normalized spacial score (nSPS) is 21.3. The third-order valence-corrected chi connectivity index (χ3v) is 2.06. The molecule has 0 aromatic carbocycles. The summed E-state index contributed by atoms with van der Waals surface area (Å²) in [5.41, 5.74) is 0. The van der Waals surface area contributed by atoms with E-state index >= 15 is 0 Å². The number of hydrogen-bond acceptors (Lipinski definition) is 3. The third kappa shape index (κ3) is 3.43. The van der Waals surface area contributed by atoms with Gasteiger partial charge in [0.05, 0.1) is 6.54 Å². The Morgan fingerprint density at radius 1 is 1.67 bits per heavy atom. The molecule has 1 rings (SSSR count). The van der Waals surface area contributed by atoms with Gasteiger partial charge in [-0.2, -0.15) is 0 Å². The Hall–Kier alpha value is -1.24. The van der Waals surface area contributed by atoms with Gasteiger partial charge < -0.3 is 15.7 Å². The number of halogens is 2.